The summed E-state index contributed by atoms with van der Waals surface area (Å²) in [5.74, 6) is 5.94. The molecule has 0 aliphatic heterocycles. The molecule has 0 aliphatic carbocycles. The third-order valence-electron chi connectivity index (χ3n) is 1.33. The third-order valence-corrected chi connectivity index (χ3v) is 1.33. The fourth-order valence-corrected chi connectivity index (χ4v) is 0.781. The van der Waals surface area contributed by atoms with Crippen LogP contribution in [-0.4, -0.2) is 18.4 Å². The molecule has 0 aromatic carbocycles. The number of aromatic nitrogens is 1. The number of methoxy groups -OCH3 is 1. The van der Waals surface area contributed by atoms with Gasteiger partial charge in [-0.05, 0) is 12.0 Å². The van der Waals surface area contributed by atoms with Gasteiger partial charge in [0, 0.05) is 6.07 Å². The molecule has 0 bridgehead atoms. The Kier molecular flexibility index (Phi) is 3.52. The standard InChI is InChI=1S/C10H9NO2/c1-13-10-7-4-6-9(11-10)5-2-3-8-12/h4,6-8H,3H2,1H3. The number of rotatable bonds is 2. The van der Waals surface area contributed by atoms with E-state index in [4.69, 9.17) is 4.74 Å². The Morgan fingerprint density at radius 3 is 3.15 bits per heavy atom. The van der Waals surface area contributed by atoms with Gasteiger partial charge in [0.05, 0.1) is 13.5 Å². The van der Waals surface area contributed by atoms with Crippen LogP contribution >= 0.6 is 0 Å². The summed E-state index contributed by atoms with van der Waals surface area (Å²) < 4.78 is 4.91. The zero-order valence-electron chi connectivity index (χ0n) is 7.28. The first kappa shape index (κ1) is 9.27. The topological polar surface area (TPSA) is 39.2 Å². The first-order valence-electron chi connectivity index (χ1n) is 3.80. The molecule has 0 aliphatic rings. The van der Waals surface area contributed by atoms with Crippen LogP contribution in [0.1, 0.15) is 12.1 Å². The molecule has 0 N–H and O–H groups in total. The molecule has 1 aromatic heterocycles. The number of nitrogens with zero attached hydrogens (tertiary/aromatic N) is 1. The van der Waals surface area contributed by atoms with Gasteiger partial charge in [-0.2, -0.15) is 0 Å². The quantitative estimate of drug-likeness (QED) is 0.497. The highest BCUT2D eigenvalue weighted by Crippen LogP contribution is 2.04. The Hall–Kier alpha value is -1.82. The minimum Gasteiger partial charge on any atom is -0.481 e. The molecular formula is C10H9NO2. The van der Waals surface area contributed by atoms with E-state index in [1.807, 2.05) is 0 Å². The largest absolute Gasteiger partial charge is 0.481 e. The van der Waals surface area contributed by atoms with Crippen LogP contribution in [0, 0.1) is 11.8 Å². The van der Waals surface area contributed by atoms with Gasteiger partial charge in [0.1, 0.15) is 12.0 Å². The summed E-state index contributed by atoms with van der Waals surface area (Å²) in [6, 6.07) is 5.31. The molecule has 0 spiro atoms. The second-order valence-corrected chi connectivity index (χ2v) is 2.24. The van der Waals surface area contributed by atoms with Crippen molar-refractivity contribution in [3.8, 4) is 17.7 Å². The summed E-state index contributed by atoms with van der Waals surface area (Å²) >= 11 is 0. The zero-order valence-corrected chi connectivity index (χ0v) is 7.28. The Morgan fingerprint density at radius 1 is 1.62 bits per heavy atom. The van der Waals surface area contributed by atoms with Crippen molar-refractivity contribution in [2.45, 2.75) is 6.42 Å². The number of pyridine rings is 1. The minimum absolute atomic E-state index is 0.235. The van der Waals surface area contributed by atoms with E-state index in [1.165, 1.54) is 0 Å². The molecule has 1 heterocycles. The van der Waals surface area contributed by atoms with Crippen LogP contribution in [0.3, 0.4) is 0 Å². The van der Waals surface area contributed by atoms with Gasteiger partial charge in [0.15, 0.2) is 0 Å². The fraction of sp³-hybridized carbons (Fsp3) is 0.200. The van der Waals surface area contributed by atoms with Gasteiger partial charge in [-0.1, -0.05) is 12.0 Å². The maximum absolute atomic E-state index is 9.97. The number of aldehydes is 1. The first-order chi connectivity index (χ1) is 6.36. The van der Waals surface area contributed by atoms with E-state index < -0.39 is 0 Å². The average Bonchev–Trinajstić information content (AvgIpc) is 2.19. The molecule has 1 rings (SSSR count). The van der Waals surface area contributed by atoms with Crippen molar-refractivity contribution in [1.29, 1.82) is 0 Å². The third kappa shape index (κ3) is 2.96. The van der Waals surface area contributed by atoms with E-state index in [2.05, 4.69) is 16.8 Å². The van der Waals surface area contributed by atoms with Crippen LogP contribution < -0.4 is 4.74 Å². The van der Waals surface area contributed by atoms with Crippen LogP contribution in [0.4, 0.5) is 0 Å². The highest BCUT2D eigenvalue weighted by Gasteiger charge is 1.91. The Balaban J connectivity index is 2.78. The average molecular weight is 175 g/mol. The SMILES string of the molecule is COc1cccc(C#CCC=O)n1. The van der Waals surface area contributed by atoms with Crippen molar-refractivity contribution in [2.75, 3.05) is 7.11 Å². The zero-order chi connectivity index (χ0) is 9.52. The van der Waals surface area contributed by atoms with Crippen LogP contribution in [0.2, 0.25) is 0 Å². The highest BCUT2D eigenvalue weighted by molar-refractivity contribution is 5.54. The van der Waals surface area contributed by atoms with Crippen molar-refractivity contribution < 1.29 is 9.53 Å². The fourth-order valence-electron chi connectivity index (χ4n) is 0.781. The molecule has 0 saturated heterocycles. The summed E-state index contributed by atoms with van der Waals surface area (Å²) in [6.45, 7) is 0. The molecule has 0 radical (unpaired) electrons. The Bertz CT molecular complexity index is 349. The summed E-state index contributed by atoms with van der Waals surface area (Å²) in [6.07, 6.45) is 0.992. The van der Waals surface area contributed by atoms with E-state index >= 15 is 0 Å². The Morgan fingerprint density at radius 2 is 2.46 bits per heavy atom. The number of carbonyl (C=O) groups excluding carboxylic acids is 1. The van der Waals surface area contributed by atoms with E-state index in [1.54, 1.807) is 25.3 Å². The van der Waals surface area contributed by atoms with Gasteiger partial charge in [-0.25, -0.2) is 4.98 Å². The lowest BCUT2D eigenvalue weighted by Gasteiger charge is -1.96. The van der Waals surface area contributed by atoms with Crippen LogP contribution in [0.5, 0.6) is 5.88 Å². The highest BCUT2D eigenvalue weighted by atomic mass is 16.5. The molecule has 1 aromatic rings. The molecule has 0 unspecified atom stereocenters. The van der Waals surface area contributed by atoms with Gasteiger partial charge < -0.3 is 9.53 Å². The molecule has 0 atom stereocenters. The molecule has 3 nitrogen and oxygen atoms in total. The lowest BCUT2D eigenvalue weighted by molar-refractivity contribution is -0.107. The van der Waals surface area contributed by atoms with Gasteiger partial charge in [0.25, 0.3) is 0 Å². The summed E-state index contributed by atoms with van der Waals surface area (Å²) in [5.41, 5.74) is 0.612. The van der Waals surface area contributed by atoms with Gasteiger partial charge in [0.2, 0.25) is 5.88 Å². The molecule has 66 valence electrons. The maximum Gasteiger partial charge on any atom is 0.214 e. The second-order valence-electron chi connectivity index (χ2n) is 2.24. The van der Waals surface area contributed by atoms with E-state index in [0.29, 0.717) is 11.6 Å². The molecule has 3 heteroatoms. The lowest BCUT2D eigenvalue weighted by atomic mass is 10.3. The van der Waals surface area contributed by atoms with Crippen LogP contribution in [0.25, 0.3) is 0 Å². The summed E-state index contributed by atoms with van der Waals surface area (Å²) in [4.78, 5) is 14.0. The second kappa shape index (κ2) is 4.94. The molecule has 13 heavy (non-hydrogen) atoms. The van der Waals surface area contributed by atoms with Gasteiger partial charge in [-0.3, -0.25) is 0 Å². The van der Waals surface area contributed by atoms with E-state index in [-0.39, 0.29) is 6.42 Å². The lowest BCUT2D eigenvalue weighted by Crippen LogP contribution is -1.88. The minimum atomic E-state index is 0.235. The van der Waals surface area contributed by atoms with E-state index in [0.717, 1.165) is 6.29 Å². The van der Waals surface area contributed by atoms with Gasteiger partial charge in [-0.15, -0.1) is 0 Å². The molecule has 0 fully saturated rings. The van der Waals surface area contributed by atoms with Crippen molar-refractivity contribution in [1.82, 2.24) is 4.98 Å². The molecule has 0 amide bonds. The predicted octanol–water partition coefficient (Wildman–Crippen LogP) is 1.03. The summed E-state index contributed by atoms with van der Waals surface area (Å²) in [7, 11) is 1.55. The smallest absolute Gasteiger partial charge is 0.214 e. The summed E-state index contributed by atoms with van der Waals surface area (Å²) in [5, 5.41) is 0. The van der Waals surface area contributed by atoms with Gasteiger partial charge >= 0.3 is 0 Å². The number of ether oxygens (including phenoxy) is 1. The van der Waals surface area contributed by atoms with E-state index in [9.17, 15) is 4.79 Å². The number of carbonyl (C=O) groups is 1. The molecular weight excluding hydrogens is 166 g/mol. The maximum atomic E-state index is 9.97. The molecule has 0 saturated carbocycles. The number of hydrogen-bond donors (Lipinski definition) is 0. The Labute approximate surface area is 76.8 Å². The van der Waals surface area contributed by atoms with Crippen molar-refractivity contribution in [3.05, 3.63) is 23.9 Å². The van der Waals surface area contributed by atoms with Crippen molar-refractivity contribution in [2.24, 2.45) is 0 Å². The van der Waals surface area contributed by atoms with Crippen molar-refractivity contribution in [3.63, 3.8) is 0 Å². The number of hydrogen-bond acceptors (Lipinski definition) is 3. The predicted molar refractivity (Wildman–Crippen MR) is 48.3 cm³/mol. The monoisotopic (exact) mass is 175 g/mol. The van der Waals surface area contributed by atoms with Crippen molar-refractivity contribution >= 4 is 6.29 Å². The van der Waals surface area contributed by atoms with Crippen LogP contribution in [0.15, 0.2) is 18.2 Å². The normalized spacial score (nSPS) is 8.38. The van der Waals surface area contributed by atoms with Crippen LogP contribution in [-0.2, 0) is 4.79 Å². The first-order valence-corrected chi connectivity index (χ1v) is 3.80.